The van der Waals surface area contributed by atoms with Gasteiger partial charge in [0.25, 0.3) is 0 Å². The van der Waals surface area contributed by atoms with Crippen LogP contribution in [0.5, 0.6) is 5.75 Å². The molecule has 0 radical (unpaired) electrons. The number of ether oxygens (including phenoxy) is 1. The summed E-state index contributed by atoms with van der Waals surface area (Å²) in [6.07, 6.45) is 2.29. The maximum atomic E-state index is 12.3. The number of nitrogens with zero attached hydrogens (tertiary/aromatic N) is 2. The lowest BCUT2D eigenvalue weighted by atomic mass is 9.95. The van der Waals surface area contributed by atoms with Gasteiger partial charge in [-0.3, -0.25) is 4.79 Å². The summed E-state index contributed by atoms with van der Waals surface area (Å²) in [4.78, 5) is 14.5. The fraction of sp³-hybridized carbons (Fsp3) is 0.529. The average Bonchev–Trinajstić information content (AvgIpc) is 2.58. The Labute approximate surface area is 131 Å². The summed E-state index contributed by atoms with van der Waals surface area (Å²) in [5.41, 5.74) is 0.991. The Kier molecular flexibility index (Phi) is 6.23. The molecule has 22 heavy (non-hydrogen) atoms. The Bertz CT molecular complexity index is 531. The van der Waals surface area contributed by atoms with E-state index < -0.39 is 0 Å². The molecule has 0 spiro atoms. The molecular formula is C17H23N3O2. The molecule has 1 saturated heterocycles. The van der Waals surface area contributed by atoms with Gasteiger partial charge in [0.15, 0.2) is 0 Å². The van der Waals surface area contributed by atoms with Gasteiger partial charge in [0.2, 0.25) is 5.91 Å². The smallest absolute Gasteiger partial charge is 0.223 e. The van der Waals surface area contributed by atoms with Gasteiger partial charge in [-0.2, -0.15) is 5.26 Å². The average molecular weight is 301 g/mol. The molecule has 5 heteroatoms. The fourth-order valence-electron chi connectivity index (χ4n) is 2.80. The summed E-state index contributed by atoms with van der Waals surface area (Å²) < 4.78 is 5.29. The van der Waals surface area contributed by atoms with Crippen LogP contribution in [0.1, 0.15) is 24.8 Å². The van der Waals surface area contributed by atoms with Crippen molar-refractivity contribution in [2.75, 3.05) is 26.7 Å². The lowest BCUT2D eigenvalue weighted by Gasteiger charge is -2.30. The van der Waals surface area contributed by atoms with Gasteiger partial charge in [-0.1, -0.05) is 18.2 Å². The lowest BCUT2D eigenvalue weighted by Crippen LogP contribution is -2.40. The molecule has 0 atom stereocenters. The van der Waals surface area contributed by atoms with Crippen molar-refractivity contribution < 1.29 is 9.53 Å². The third-order valence-electron chi connectivity index (χ3n) is 4.14. The topological polar surface area (TPSA) is 65.4 Å². The van der Waals surface area contributed by atoms with Crippen LogP contribution >= 0.6 is 0 Å². The number of likely N-dealkylation sites (tertiary alicyclic amines) is 1. The minimum Gasteiger partial charge on any atom is -0.496 e. The molecule has 0 aromatic heterocycles. The van der Waals surface area contributed by atoms with E-state index in [-0.39, 0.29) is 11.8 Å². The highest BCUT2D eigenvalue weighted by molar-refractivity contribution is 5.78. The minimum absolute atomic E-state index is 0.0769. The Morgan fingerprint density at radius 1 is 1.41 bits per heavy atom. The Hall–Kier alpha value is -2.06. The number of methoxy groups -OCH3 is 1. The second kappa shape index (κ2) is 8.40. The van der Waals surface area contributed by atoms with Gasteiger partial charge in [-0.15, -0.1) is 0 Å². The van der Waals surface area contributed by atoms with Crippen LogP contribution in [0.15, 0.2) is 24.3 Å². The number of nitrogens with one attached hydrogen (secondary N) is 1. The summed E-state index contributed by atoms with van der Waals surface area (Å²) >= 11 is 0. The zero-order chi connectivity index (χ0) is 15.8. The molecular weight excluding hydrogens is 278 g/mol. The number of nitriles is 1. The molecule has 1 fully saturated rings. The lowest BCUT2D eigenvalue weighted by molar-refractivity contribution is -0.126. The van der Waals surface area contributed by atoms with Crippen LogP contribution in [0.25, 0.3) is 0 Å². The standard InChI is InChI=1S/C17H23N3O2/c1-22-16-6-3-2-5-15(16)13-19-17(21)14-7-11-20(12-8-14)10-4-9-18/h2-3,5-6,14H,4,7-8,10-13H2,1H3,(H,19,21). The van der Waals surface area contributed by atoms with E-state index >= 15 is 0 Å². The Morgan fingerprint density at radius 3 is 2.82 bits per heavy atom. The maximum Gasteiger partial charge on any atom is 0.223 e. The number of rotatable bonds is 6. The Morgan fingerprint density at radius 2 is 2.14 bits per heavy atom. The fourth-order valence-corrected chi connectivity index (χ4v) is 2.80. The van der Waals surface area contributed by atoms with Crippen molar-refractivity contribution in [3.63, 3.8) is 0 Å². The van der Waals surface area contributed by atoms with Crippen LogP contribution in [-0.2, 0) is 11.3 Å². The van der Waals surface area contributed by atoms with Crippen LogP contribution in [0, 0.1) is 17.2 Å². The van der Waals surface area contributed by atoms with E-state index in [1.54, 1.807) is 7.11 Å². The van der Waals surface area contributed by atoms with Crippen molar-refractivity contribution in [3.05, 3.63) is 29.8 Å². The van der Waals surface area contributed by atoms with E-state index in [2.05, 4.69) is 16.3 Å². The monoisotopic (exact) mass is 301 g/mol. The summed E-state index contributed by atoms with van der Waals surface area (Å²) in [6, 6.07) is 9.89. The van der Waals surface area contributed by atoms with Crippen molar-refractivity contribution >= 4 is 5.91 Å². The molecule has 0 saturated carbocycles. The highest BCUT2D eigenvalue weighted by atomic mass is 16.5. The molecule has 0 aliphatic carbocycles. The molecule has 0 unspecified atom stereocenters. The van der Waals surface area contributed by atoms with Crippen molar-refractivity contribution in [1.29, 1.82) is 5.26 Å². The van der Waals surface area contributed by atoms with E-state index in [0.717, 1.165) is 43.8 Å². The molecule has 1 aliphatic heterocycles. The van der Waals surface area contributed by atoms with E-state index in [0.29, 0.717) is 13.0 Å². The number of hydrogen-bond acceptors (Lipinski definition) is 4. The SMILES string of the molecule is COc1ccccc1CNC(=O)C1CCN(CCC#N)CC1. The first-order chi connectivity index (χ1) is 10.7. The molecule has 0 bridgehead atoms. The third kappa shape index (κ3) is 4.47. The van der Waals surface area contributed by atoms with Crippen LogP contribution < -0.4 is 10.1 Å². The number of benzene rings is 1. The molecule has 118 valence electrons. The molecule has 1 aliphatic rings. The highest BCUT2D eigenvalue weighted by Crippen LogP contribution is 2.19. The van der Waals surface area contributed by atoms with Crippen LogP contribution in [0.4, 0.5) is 0 Å². The van der Waals surface area contributed by atoms with Crippen LogP contribution in [0.3, 0.4) is 0 Å². The zero-order valence-corrected chi connectivity index (χ0v) is 13.0. The first-order valence-corrected chi connectivity index (χ1v) is 7.73. The molecule has 2 rings (SSSR count). The Balaban J connectivity index is 1.78. The normalized spacial score (nSPS) is 16.0. The molecule has 1 aromatic carbocycles. The predicted octanol–water partition coefficient (Wildman–Crippen LogP) is 1.94. The summed E-state index contributed by atoms with van der Waals surface area (Å²) in [5, 5.41) is 11.6. The molecule has 1 aromatic rings. The first-order valence-electron chi connectivity index (χ1n) is 7.73. The van der Waals surface area contributed by atoms with E-state index in [9.17, 15) is 4.79 Å². The molecule has 1 heterocycles. The second-order valence-electron chi connectivity index (χ2n) is 5.55. The molecule has 5 nitrogen and oxygen atoms in total. The van der Waals surface area contributed by atoms with Gasteiger partial charge < -0.3 is 15.0 Å². The van der Waals surface area contributed by atoms with Crippen molar-refractivity contribution in [1.82, 2.24) is 10.2 Å². The second-order valence-corrected chi connectivity index (χ2v) is 5.55. The number of para-hydroxylation sites is 1. The number of carbonyl (C=O) groups excluding carboxylic acids is 1. The molecule has 1 N–H and O–H groups in total. The summed E-state index contributed by atoms with van der Waals surface area (Å²) in [6.45, 7) is 3.10. The van der Waals surface area contributed by atoms with Crippen molar-refractivity contribution in [2.45, 2.75) is 25.8 Å². The maximum absolute atomic E-state index is 12.3. The first kappa shape index (κ1) is 16.3. The number of piperidine rings is 1. The van der Waals surface area contributed by atoms with Crippen LogP contribution in [-0.4, -0.2) is 37.6 Å². The zero-order valence-electron chi connectivity index (χ0n) is 13.0. The summed E-state index contributed by atoms with van der Waals surface area (Å²) in [5.74, 6) is 0.994. The van der Waals surface area contributed by atoms with E-state index in [1.807, 2.05) is 24.3 Å². The van der Waals surface area contributed by atoms with Gasteiger partial charge in [0, 0.05) is 31.0 Å². The van der Waals surface area contributed by atoms with E-state index in [4.69, 9.17) is 10.00 Å². The number of hydrogen-bond donors (Lipinski definition) is 1. The number of amides is 1. The number of carbonyl (C=O) groups is 1. The van der Waals surface area contributed by atoms with Crippen molar-refractivity contribution in [3.8, 4) is 11.8 Å². The summed E-state index contributed by atoms with van der Waals surface area (Å²) in [7, 11) is 1.64. The van der Waals surface area contributed by atoms with E-state index in [1.165, 1.54) is 0 Å². The largest absolute Gasteiger partial charge is 0.496 e. The van der Waals surface area contributed by atoms with Gasteiger partial charge in [-0.25, -0.2) is 0 Å². The molecule has 1 amide bonds. The van der Waals surface area contributed by atoms with Crippen molar-refractivity contribution in [2.24, 2.45) is 5.92 Å². The predicted molar refractivity (Wildman–Crippen MR) is 84.2 cm³/mol. The van der Waals surface area contributed by atoms with Crippen LogP contribution in [0.2, 0.25) is 0 Å². The third-order valence-corrected chi connectivity index (χ3v) is 4.14. The quantitative estimate of drug-likeness (QED) is 0.872. The van der Waals surface area contributed by atoms with Gasteiger partial charge in [0.1, 0.15) is 5.75 Å². The van der Waals surface area contributed by atoms with Gasteiger partial charge in [-0.05, 0) is 32.0 Å². The minimum atomic E-state index is 0.0769. The van der Waals surface area contributed by atoms with Gasteiger partial charge >= 0.3 is 0 Å². The van der Waals surface area contributed by atoms with Gasteiger partial charge in [0.05, 0.1) is 13.2 Å². The highest BCUT2D eigenvalue weighted by Gasteiger charge is 2.24.